The van der Waals surface area contributed by atoms with E-state index in [0.29, 0.717) is 32.8 Å². The third-order valence-electron chi connectivity index (χ3n) is 5.31. The molecule has 0 aliphatic rings. The minimum atomic E-state index is -0.819. The van der Waals surface area contributed by atoms with Crippen molar-refractivity contribution in [2.24, 2.45) is 0 Å². The van der Waals surface area contributed by atoms with Gasteiger partial charge in [0.15, 0.2) is 6.61 Å². The highest BCUT2D eigenvalue weighted by Gasteiger charge is 2.33. The van der Waals surface area contributed by atoms with E-state index in [1.54, 1.807) is 42.5 Å². The number of carbonyl (C=O) groups is 2. The third-order valence-corrected chi connectivity index (χ3v) is 6.21. The number of amides is 2. The molecule has 0 aliphatic carbocycles. The van der Waals surface area contributed by atoms with Crippen LogP contribution in [0.5, 0.6) is 5.75 Å². The van der Waals surface area contributed by atoms with Crippen molar-refractivity contribution >= 4 is 46.6 Å². The number of nitrogens with one attached hydrogen (secondary N) is 1. The van der Waals surface area contributed by atoms with Crippen LogP contribution in [0.15, 0.2) is 72.8 Å². The summed E-state index contributed by atoms with van der Waals surface area (Å²) < 4.78 is 5.74. The van der Waals surface area contributed by atoms with Crippen molar-refractivity contribution in [2.75, 3.05) is 6.61 Å². The first-order chi connectivity index (χ1) is 17.0. The van der Waals surface area contributed by atoms with Crippen LogP contribution in [0.1, 0.15) is 31.9 Å². The number of rotatable bonds is 9. The Kier molecular flexibility index (Phi) is 9.66. The number of para-hydroxylation sites is 1. The maximum atomic E-state index is 13.6. The minimum Gasteiger partial charge on any atom is -0.482 e. The summed E-state index contributed by atoms with van der Waals surface area (Å²) in [6.45, 7) is 5.48. The van der Waals surface area contributed by atoms with Gasteiger partial charge >= 0.3 is 0 Å². The summed E-state index contributed by atoms with van der Waals surface area (Å²) in [7, 11) is 0. The smallest absolute Gasteiger partial charge is 0.261 e. The number of halogens is 3. The van der Waals surface area contributed by atoms with Gasteiger partial charge in [0, 0.05) is 28.5 Å². The van der Waals surface area contributed by atoms with Crippen molar-refractivity contribution < 1.29 is 14.3 Å². The zero-order chi connectivity index (χ0) is 26.3. The lowest BCUT2D eigenvalue weighted by Crippen LogP contribution is -2.55. The zero-order valence-corrected chi connectivity index (χ0v) is 22.7. The van der Waals surface area contributed by atoms with E-state index in [2.05, 4.69) is 5.32 Å². The van der Waals surface area contributed by atoms with E-state index in [9.17, 15) is 9.59 Å². The second-order valence-electron chi connectivity index (χ2n) is 9.42. The van der Waals surface area contributed by atoms with Crippen molar-refractivity contribution in [1.29, 1.82) is 0 Å². The lowest BCUT2D eigenvalue weighted by Gasteiger charge is -2.34. The normalized spacial score (nSPS) is 12.1. The molecule has 1 atom stereocenters. The Hall–Kier alpha value is -2.73. The van der Waals surface area contributed by atoms with Gasteiger partial charge in [-0.15, -0.1) is 0 Å². The Morgan fingerprint density at radius 2 is 1.58 bits per heavy atom. The Morgan fingerprint density at radius 3 is 2.22 bits per heavy atom. The number of hydrogen-bond acceptors (Lipinski definition) is 3. The topological polar surface area (TPSA) is 58.6 Å². The summed E-state index contributed by atoms with van der Waals surface area (Å²) >= 11 is 18.7. The average Bonchev–Trinajstić information content (AvgIpc) is 2.81. The highest BCUT2D eigenvalue weighted by Crippen LogP contribution is 2.26. The fourth-order valence-corrected chi connectivity index (χ4v) is 4.28. The molecule has 0 aromatic heterocycles. The molecule has 8 heteroatoms. The average molecular weight is 548 g/mol. The van der Waals surface area contributed by atoms with E-state index in [4.69, 9.17) is 39.5 Å². The molecule has 0 bridgehead atoms. The molecular formula is C28H29Cl3N2O3. The Balaban J connectivity index is 1.97. The maximum Gasteiger partial charge on any atom is 0.261 e. The summed E-state index contributed by atoms with van der Waals surface area (Å²) in [5, 5.41) is 4.30. The lowest BCUT2D eigenvalue weighted by molar-refractivity contribution is -0.143. The quantitative estimate of drug-likeness (QED) is 0.329. The molecule has 0 spiro atoms. The van der Waals surface area contributed by atoms with Gasteiger partial charge in [-0.05, 0) is 56.2 Å². The molecule has 0 unspecified atom stereocenters. The molecule has 2 amide bonds. The van der Waals surface area contributed by atoms with Gasteiger partial charge in [0.1, 0.15) is 11.8 Å². The summed E-state index contributed by atoms with van der Waals surface area (Å²) in [6.07, 6.45) is 0.311. The van der Waals surface area contributed by atoms with Gasteiger partial charge in [-0.3, -0.25) is 9.59 Å². The predicted octanol–water partition coefficient (Wildman–Crippen LogP) is 6.58. The van der Waals surface area contributed by atoms with E-state index in [0.717, 1.165) is 5.56 Å². The molecule has 3 aromatic carbocycles. The largest absolute Gasteiger partial charge is 0.482 e. The van der Waals surface area contributed by atoms with E-state index >= 15 is 0 Å². The van der Waals surface area contributed by atoms with Crippen LogP contribution in [-0.4, -0.2) is 34.9 Å². The Labute approximate surface area is 227 Å². The van der Waals surface area contributed by atoms with Gasteiger partial charge in [0.25, 0.3) is 5.91 Å². The van der Waals surface area contributed by atoms with Crippen molar-refractivity contribution in [3.05, 3.63) is 99.0 Å². The van der Waals surface area contributed by atoms with Gasteiger partial charge in [0.2, 0.25) is 5.91 Å². The van der Waals surface area contributed by atoms with Gasteiger partial charge in [-0.1, -0.05) is 83.3 Å². The zero-order valence-electron chi connectivity index (χ0n) is 20.4. The monoisotopic (exact) mass is 546 g/mol. The van der Waals surface area contributed by atoms with Gasteiger partial charge in [0.05, 0.1) is 5.02 Å². The first kappa shape index (κ1) is 27.9. The number of ether oxygens (including phenoxy) is 1. The second kappa shape index (κ2) is 12.5. The molecule has 0 saturated carbocycles. The van der Waals surface area contributed by atoms with E-state index < -0.39 is 11.6 Å². The van der Waals surface area contributed by atoms with Crippen LogP contribution in [-0.2, 0) is 22.6 Å². The van der Waals surface area contributed by atoms with Crippen LogP contribution in [0, 0.1) is 0 Å². The molecule has 190 valence electrons. The highest BCUT2D eigenvalue weighted by molar-refractivity contribution is 6.35. The van der Waals surface area contributed by atoms with Crippen LogP contribution < -0.4 is 10.1 Å². The van der Waals surface area contributed by atoms with Crippen molar-refractivity contribution in [1.82, 2.24) is 10.2 Å². The minimum absolute atomic E-state index is 0.0930. The maximum absolute atomic E-state index is 13.6. The summed E-state index contributed by atoms with van der Waals surface area (Å²) in [6, 6.07) is 20.7. The molecule has 5 nitrogen and oxygen atoms in total. The van der Waals surface area contributed by atoms with E-state index in [1.165, 1.54) is 4.90 Å². The fraction of sp³-hybridized carbons (Fsp3) is 0.286. The fourth-order valence-electron chi connectivity index (χ4n) is 3.62. The Bertz CT molecular complexity index is 1200. The Morgan fingerprint density at radius 1 is 0.917 bits per heavy atom. The molecular weight excluding hydrogens is 519 g/mol. The van der Waals surface area contributed by atoms with Crippen LogP contribution in [0.25, 0.3) is 0 Å². The molecule has 0 saturated heterocycles. The molecule has 1 N–H and O–H groups in total. The van der Waals surface area contributed by atoms with Gasteiger partial charge in [-0.25, -0.2) is 0 Å². The second-order valence-corrected chi connectivity index (χ2v) is 10.7. The molecule has 36 heavy (non-hydrogen) atoms. The van der Waals surface area contributed by atoms with E-state index in [-0.39, 0.29) is 25.0 Å². The van der Waals surface area contributed by atoms with Crippen molar-refractivity contribution in [3.8, 4) is 5.75 Å². The standard InChI is InChI=1S/C28H29Cl3N2O3/c1-28(2,3)32-27(35)24(15-19-9-5-4-6-10-19)33(17-20-13-14-21(29)16-23(20)31)26(34)18-36-25-12-8-7-11-22(25)30/h4-14,16,24H,15,17-18H2,1-3H3,(H,32,35)/t24-/m0/s1. The third kappa shape index (κ3) is 8.16. The van der Waals surface area contributed by atoms with Crippen LogP contribution in [0.4, 0.5) is 0 Å². The van der Waals surface area contributed by atoms with Crippen molar-refractivity contribution in [3.63, 3.8) is 0 Å². The molecule has 0 aliphatic heterocycles. The van der Waals surface area contributed by atoms with Gasteiger partial charge < -0.3 is 15.0 Å². The first-order valence-electron chi connectivity index (χ1n) is 11.5. The molecule has 3 aromatic rings. The van der Waals surface area contributed by atoms with Crippen LogP contribution in [0.2, 0.25) is 15.1 Å². The lowest BCUT2D eigenvalue weighted by atomic mass is 10.0. The van der Waals surface area contributed by atoms with Crippen LogP contribution in [0.3, 0.4) is 0 Å². The number of hydrogen-bond donors (Lipinski definition) is 1. The predicted molar refractivity (Wildman–Crippen MR) is 146 cm³/mol. The molecule has 0 radical (unpaired) electrons. The summed E-state index contributed by atoms with van der Waals surface area (Å²) in [5.74, 6) is -0.274. The number of benzene rings is 3. The molecule has 3 rings (SSSR count). The SMILES string of the molecule is CC(C)(C)NC(=O)[C@H](Cc1ccccc1)N(Cc1ccc(Cl)cc1Cl)C(=O)COc1ccccc1Cl. The number of nitrogens with zero attached hydrogens (tertiary/aromatic N) is 1. The molecule has 0 fully saturated rings. The summed E-state index contributed by atoms with van der Waals surface area (Å²) in [4.78, 5) is 28.7. The molecule has 0 heterocycles. The number of carbonyl (C=O) groups excluding carboxylic acids is 2. The van der Waals surface area contributed by atoms with Crippen molar-refractivity contribution in [2.45, 2.75) is 45.3 Å². The van der Waals surface area contributed by atoms with Crippen LogP contribution >= 0.6 is 34.8 Å². The highest BCUT2D eigenvalue weighted by atomic mass is 35.5. The van der Waals surface area contributed by atoms with E-state index in [1.807, 2.05) is 51.1 Å². The summed E-state index contributed by atoms with van der Waals surface area (Å²) in [5.41, 5.74) is 1.08. The first-order valence-corrected chi connectivity index (χ1v) is 12.6. The van der Waals surface area contributed by atoms with Gasteiger partial charge in [-0.2, -0.15) is 0 Å².